The summed E-state index contributed by atoms with van der Waals surface area (Å²) in [6.07, 6.45) is 1.62. The van der Waals surface area contributed by atoms with E-state index in [2.05, 4.69) is 15.5 Å². The van der Waals surface area contributed by atoms with Crippen LogP contribution < -0.4 is 5.32 Å². The number of carbonyl (C=O) groups excluding carboxylic acids is 1. The van der Waals surface area contributed by atoms with Crippen molar-refractivity contribution in [3.8, 4) is 0 Å². The third-order valence-electron chi connectivity index (χ3n) is 4.75. The average Bonchev–Trinajstić information content (AvgIpc) is 3.15. The van der Waals surface area contributed by atoms with Crippen molar-refractivity contribution in [2.24, 2.45) is 0 Å². The maximum Gasteiger partial charge on any atom is 0.321 e. The number of ether oxygens (including phenoxy) is 1. The molecule has 2 aromatic rings. The quantitative estimate of drug-likeness (QED) is 0.815. The standard InChI is InChI=1S/C19H25ClN4O3/c1-12(2)18-22-17(23-27-18)13-7-9-24(10-8-13)19(25)21-16-6-4-5-15(20)14(16)11-26-3/h4-6,12-13H,7-11H2,1-3H3,(H,21,25). The van der Waals surface area contributed by atoms with E-state index in [0.29, 0.717) is 36.3 Å². The molecule has 1 N–H and O–H groups in total. The molecule has 0 spiro atoms. The lowest BCUT2D eigenvalue weighted by atomic mass is 9.96. The van der Waals surface area contributed by atoms with Crippen LogP contribution in [-0.4, -0.2) is 41.3 Å². The molecule has 1 aliphatic heterocycles. The number of amides is 2. The van der Waals surface area contributed by atoms with Crippen LogP contribution in [0.1, 0.15) is 55.8 Å². The lowest BCUT2D eigenvalue weighted by Gasteiger charge is -2.31. The first-order valence-electron chi connectivity index (χ1n) is 9.15. The minimum Gasteiger partial charge on any atom is -0.380 e. The molecular weight excluding hydrogens is 368 g/mol. The van der Waals surface area contributed by atoms with Crippen LogP contribution in [0.15, 0.2) is 22.7 Å². The topological polar surface area (TPSA) is 80.5 Å². The summed E-state index contributed by atoms with van der Waals surface area (Å²) >= 11 is 6.22. The van der Waals surface area contributed by atoms with Crippen LogP contribution in [0, 0.1) is 0 Å². The van der Waals surface area contributed by atoms with Crippen LogP contribution in [0.25, 0.3) is 0 Å². The lowest BCUT2D eigenvalue weighted by Crippen LogP contribution is -2.40. The van der Waals surface area contributed by atoms with Gasteiger partial charge in [0.25, 0.3) is 0 Å². The summed E-state index contributed by atoms with van der Waals surface area (Å²) in [4.78, 5) is 18.9. The van der Waals surface area contributed by atoms with Crippen molar-refractivity contribution >= 4 is 23.3 Å². The number of likely N-dealkylation sites (tertiary alicyclic amines) is 1. The molecule has 3 rings (SSSR count). The number of hydrogen-bond acceptors (Lipinski definition) is 5. The van der Waals surface area contributed by atoms with Gasteiger partial charge in [0.1, 0.15) is 0 Å². The number of carbonyl (C=O) groups is 1. The fourth-order valence-corrected chi connectivity index (χ4v) is 3.38. The summed E-state index contributed by atoms with van der Waals surface area (Å²) in [6, 6.07) is 5.29. The third-order valence-corrected chi connectivity index (χ3v) is 5.10. The molecule has 0 saturated carbocycles. The Hall–Kier alpha value is -2.12. The van der Waals surface area contributed by atoms with Crippen LogP contribution >= 0.6 is 11.6 Å². The van der Waals surface area contributed by atoms with Gasteiger partial charge in [-0.2, -0.15) is 4.98 Å². The number of methoxy groups -OCH3 is 1. The highest BCUT2D eigenvalue weighted by molar-refractivity contribution is 6.31. The first-order valence-corrected chi connectivity index (χ1v) is 9.53. The lowest BCUT2D eigenvalue weighted by molar-refractivity contribution is 0.184. The predicted molar refractivity (Wildman–Crippen MR) is 103 cm³/mol. The Kier molecular flexibility index (Phi) is 6.34. The van der Waals surface area contributed by atoms with Gasteiger partial charge in [0.05, 0.1) is 6.61 Å². The van der Waals surface area contributed by atoms with E-state index in [1.165, 1.54) is 0 Å². The van der Waals surface area contributed by atoms with Crippen molar-refractivity contribution in [1.82, 2.24) is 15.0 Å². The molecular formula is C19H25ClN4O3. The molecule has 0 atom stereocenters. The molecule has 1 aromatic heterocycles. The maximum atomic E-state index is 12.7. The van der Waals surface area contributed by atoms with Crippen LogP contribution in [-0.2, 0) is 11.3 Å². The van der Waals surface area contributed by atoms with Crippen LogP contribution in [0.2, 0.25) is 5.02 Å². The number of rotatable bonds is 5. The van der Waals surface area contributed by atoms with E-state index in [1.807, 2.05) is 26.0 Å². The van der Waals surface area contributed by atoms with Crippen LogP contribution in [0.5, 0.6) is 0 Å². The monoisotopic (exact) mass is 392 g/mol. The van der Waals surface area contributed by atoms with Gasteiger partial charge in [-0.15, -0.1) is 0 Å². The molecule has 1 aromatic carbocycles. The highest BCUT2D eigenvalue weighted by Gasteiger charge is 2.27. The molecule has 7 nitrogen and oxygen atoms in total. The van der Waals surface area contributed by atoms with E-state index >= 15 is 0 Å². The van der Waals surface area contributed by atoms with Gasteiger partial charge in [-0.05, 0) is 25.0 Å². The summed E-state index contributed by atoms with van der Waals surface area (Å²) in [5, 5.41) is 7.63. The first kappa shape index (κ1) is 19.6. The smallest absolute Gasteiger partial charge is 0.321 e. The Balaban J connectivity index is 1.59. The normalized spacial score (nSPS) is 15.4. The number of nitrogens with one attached hydrogen (secondary N) is 1. The zero-order chi connectivity index (χ0) is 19.4. The molecule has 0 radical (unpaired) electrons. The van der Waals surface area contributed by atoms with Crippen molar-refractivity contribution in [3.05, 3.63) is 40.5 Å². The van der Waals surface area contributed by atoms with Gasteiger partial charge in [0.15, 0.2) is 5.82 Å². The number of halogens is 1. The van der Waals surface area contributed by atoms with Gasteiger partial charge in [-0.1, -0.05) is 36.7 Å². The third kappa shape index (κ3) is 4.59. The van der Waals surface area contributed by atoms with Gasteiger partial charge >= 0.3 is 6.03 Å². The predicted octanol–water partition coefficient (Wildman–Crippen LogP) is 4.40. The highest BCUT2D eigenvalue weighted by Crippen LogP contribution is 2.29. The fraction of sp³-hybridized carbons (Fsp3) is 0.526. The highest BCUT2D eigenvalue weighted by atomic mass is 35.5. The molecule has 2 amide bonds. The first-order chi connectivity index (χ1) is 13.0. The number of benzene rings is 1. The Morgan fingerprint density at radius 2 is 2.15 bits per heavy atom. The van der Waals surface area contributed by atoms with E-state index in [4.69, 9.17) is 20.9 Å². The molecule has 27 heavy (non-hydrogen) atoms. The van der Waals surface area contributed by atoms with Gasteiger partial charge in [0, 0.05) is 48.3 Å². The number of piperidine rings is 1. The van der Waals surface area contributed by atoms with Crippen LogP contribution in [0.3, 0.4) is 0 Å². The second-order valence-corrected chi connectivity index (χ2v) is 7.44. The molecule has 8 heteroatoms. The summed E-state index contributed by atoms with van der Waals surface area (Å²) in [5.74, 6) is 1.85. The van der Waals surface area contributed by atoms with Crippen molar-refractivity contribution in [3.63, 3.8) is 0 Å². The SMILES string of the molecule is COCc1c(Cl)cccc1NC(=O)N1CCC(c2noc(C(C)C)n2)CC1. The van der Waals surface area contributed by atoms with Crippen LogP contribution in [0.4, 0.5) is 10.5 Å². The van der Waals surface area contributed by atoms with Gasteiger partial charge < -0.3 is 19.5 Å². The molecule has 0 bridgehead atoms. The minimum atomic E-state index is -0.135. The van der Waals surface area contributed by atoms with Gasteiger partial charge in [-0.25, -0.2) is 4.79 Å². The zero-order valence-corrected chi connectivity index (χ0v) is 16.6. The largest absolute Gasteiger partial charge is 0.380 e. The van der Waals surface area contributed by atoms with E-state index in [9.17, 15) is 4.79 Å². The number of aromatic nitrogens is 2. The second kappa shape index (κ2) is 8.71. The Morgan fingerprint density at radius 3 is 2.78 bits per heavy atom. The zero-order valence-electron chi connectivity index (χ0n) is 15.9. The number of anilines is 1. The van der Waals surface area contributed by atoms with E-state index in [1.54, 1.807) is 18.1 Å². The van der Waals surface area contributed by atoms with E-state index < -0.39 is 0 Å². The summed E-state index contributed by atoms with van der Waals surface area (Å²) < 4.78 is 10.5. The van der Waals surface area contributed by atoms with Crippen molar-refractivity contribution in [2.75, 3.05) is 25.5 Å². The molecule has 0 unspecified atom stereocenters. The van der Waals surface area contributed by atoms with Crippen molar-refractivity contribution < 1.29 is 14.1 Å². The molecule has 1 fully saturated rings. The Bertz CT molecular complexity index is 785. The summed E-state index contributed by atoms with van der Waals surface area (Å²) in [5.41, 5.74) is 1.45. The summed E-state index contributed by atoms with van der Waals surface area (Å²) in [7, 11) is 1.60. The minimum absolute atomic E-state index is 0.135. The molecule has 146 valence electrons. The fourth-order valence-electron chi connectivity index (χ4n) is 3.15. The molecule has 0 aliphatic carbocycles. The van der Waals surface area contributed by atoms with E-state index in [-0.39, 0.29) is 17.9 Å². The molecule has 1 saturated heterocycles. The van der Waals surface area contributed by atoms with E-state index in [0.717, 1.165) is 24.2 Å². The van der Waals surface area contributed by atoms with Gasteiger partial charge in [0.2, 0.25) is 5.89 Å². The molecule has 1 aliphatic rings. The Labute approximate surface area is 164 Å². The number of hydrogen-bond donors (Lipinski definition) is 1. The average molecular weight is 393 g/mol. The number of urea groups is 1. The van der Waals surface area contributed by atoms with Crippen molar-refractivity contribution in [2.45, 2.75) is 45.1 Å². The molecule has 2 heterocycles. The van der Waals surface area contributed by atoms with Crippen molar-refractivity contribution in [1.29, 1.82) is 0 Å². The second-order valence-electron chi connectivity index (χ2n) is 7.04. The number of nitrogens with zero attached hydrogens (tertiary/aromatic N) is 3. The Morgan fingerprint density at radius 1 is 1.41 bits per heavy atom. The maximum absolute atomic E-state index is 12.7. The van der Waals surface area contributed by atoms with Gasteiger partial charge in [-0.3, -0.25) is 0 Å². The summed E-state index contributed by atoms with van der Waals surface area (Å²) in [6.45, 7) is 5.67.